The molecule has 0 spiro atoms. The molecule has 0 aromatic heterocycles. The van der Waals surface area contributed by atoms with Gasteiger partial charge in [-0.3, -0.25) is 0 Å². The minimum Gasteiger partial charge on any atom is -0.507 e. The number of phenols is 1. The Labute approximate surface area is 167 Å². The summed E-state index contributed by atoms with van der Waals surface area (Å²) in [5, 5.41) is 10.4. The monoisotopic (exact) mass is 400 g/mol. The molecule has 0 amide bonds. The van der Waals surface area contributed by atoms with Gasteiger partial charge in [-0.1, -0.05) is 30.3 Å². The van der Waals surface area contributed by atoms with Gasteiger partial charge >= 0.3 is 8.56 Å². The van der Waals surface area contributed by atoms with Crippen molar-refractivity contribution in [3.63, 3.8) is 0 Å². The number of rotatable bonds is 11. The highest BCUT2D eigenvalue weighted by molar-refractivity contribution is 6.66. The molecule has 2 aromatic rings. The molecule has 150 valence electrons. The van der Waals surface area contributed by atoms with Gasteiger partial charge in [0.15, 0.2) is 0 Å². The van der Waals surface area contributed by atoms with E-state index >= 15 is 0 Å². The molecule has 0 bridgehead atoms. The second-order valence-electron chi connectivity index (χ2n) is 6.47. The van der Waals surface area contributed by atoms with E-state index in [1.165, 1.54) is 6.07 Å². The molecule has 0 radical (unpaired) electrons. The largest absolute Gasteiger partial charge is 0.507 e. The van der Waals surface area contributed by atoms with Crippen LogP contribution >= 0.6 is 0 Å². The lowest BCUT2D eigenvalue weighted by Crippen LogP contribution is -2.38. The van der Waals surface area contributed by atoms with Crippen molar-refractivity contribution in [2.24, 2.45) is 0 Å². The molecular formula is C22H28O5Si. The summed E-state index contributed by atoms with van der Waals surface area (Å²) in [5.41, 5.74) is 1.46. The number of hydrogen-bond donors (Lipinski definition) is 1. The third-order valence-electron chi connectivity index (χ3n) is 4.35. The zero-order valence-corrected chi connectivity index (χ0v) is 17.7. The first-order valence-corrected chi connectivity index (χ1v) is 12.1. The summed E-state index contributed by atoms with van der Waals surface area (Å²) >= 11 is 0. The lowest BCUT2D eigenvalue weighted by molar-refractivity contribution is 0.185. The molecule has 0 unspecified atom stereocenters. The zero-order chi connectivity index (χ0) is 20.4. The maximum absolute atomic E-state index is 11.4. The first kappa shape index (κ1) is 21.9. The summed E-state index contributed by atoms with van der Waals surface area (Å²) in [6.45, 7) is 7.80. The van der Waals surface area contributed by atoms with Crippen LogP contribution in [0.1, 0.15) is 31.4 Å². The molecule has 0 aliphatic carbocycles. The van der Waals surface area contributed by atoms with Gasteiger partial charge in [-0.05, 0) is 50.6 Å². The summed E-state index contributed by atoms with van der Waals surface area (Å²) in [6, 6.07) is 14.9. The van der Waals surface area contributed by atoms with E-state index in [9.17, 15) is 9.90 Å². The van der Waals surface area contributed by atoms with Gasteiger partial charge in [0.25, 0.3) is 0 Å². The SMILES string of the molecule is CCO[Si](C)(CCCOc1ccc(C(=C=O)c2ccccc2)c(O)c1)OCC. The molecule has 28 heavy (non-hydrogen) atoms. The predicted molar refractivity (Wildman–Crippen MR) is 113 cm³/mol. The number of hydrogen-bond acceptors (Lipinski definition) is 5. The van der Waals surface area contributed by atoms with Gasteiger partial charge < -0.3 is 18.7 Å². The highest BCUT2D eigenvalue weighted by atomic mass is 28.4. The van der Waals surface area contributed by atoms with Crippen LogP contribution in [0.15, 0.2) is 48.5 Å². The normalized spacial score (nSPS) is 11.1. The van der Waals surface area contributed by atoms with Gasteiger partial charge in [0, 0.05) is 24.8 Å². The van der Waals surface area contributed by atoms with Crippen molar-refractivity contribution >= 4 is 20.1 Å². The van der Waals surface area contributed by atoms with Crippen molar-refractivity contribution in [2.45, 2.75) is 32.9 Å². The van der Waals surface area contributed by atoms with Crippen LogP contribution in [0.3, 0.4) is 0 Å². The number of ether oxygens (including phenoxy) is 1. The van der Waals surface area contributed by atoms with Crippen LogP contribution in [0.5, 0.6) is 11.5 Å². The molecule has 5 nitrogen and oxygen atoms in total. The summed E-state index contributed by atoms with van der Waals surface area (Å²) in [4.78, 5) is 11.4. The molecule has 0 fully saturated rings. The topological polar surface area (TPSA) is 65.0 Å². The molecular weight excluding hydrogens is 372 g/mol. The highest BCUT2D eigenvalue weighted by Crippen LogP contribution is 2.31. The number of aromatic hydroxyl groups is 1. The van der Waals surface area contributed by atoms with Crippen LogP contribution in [-0.4, -0.2) is 39.4 Å². The third kappa shape index (κ3) is 6.07. The fourth-order valence-electron chi connectivity index (χ4n) is 3.07. The fourth-order valence-corrected chi connectivity index (χ4v) is 5.45. The van der Waals surface area contributed by atoms with E-state index in [1.54, 1.807) is 12.1 Å². The smallest absolute Gasteiger partial charge is 0.335 e. The molecule has 0 aliphatic heterocycles. The average Bonchev–Trinajstić information content (AvgIpc) is 2.69. The second kappa shape index (κ2) is 10.8. The second-order valence-corrected chi connectivity index (χ2v) is 9.82. The van der Waals surface area contributed by atoms with E-state index in [1.807, 2.05) is 50.1 Å². The molecule has 0 saturated carbocycles. The average molecular weight is 401 g/mol. The van der Waals surface area contributed by atoms with Crippen molar-refractivity contribution in [1.82, 2.24) is 0 Å². The van der Waals surface area contributed by atoms with E-state index in [0.29, 0.717) is 42.3 Å². The molecule has 0 aliphatic rings. The lowest BCUT2D eigenvalue weighted by Gasteiger charge is -2.25. The van der Waals surface area contributed by atoms with Crippen LogP contribution in [0, 0.1) is 0 Å². The Morgan fingerprint density at radius 1 is 1.07 bits per heavy atom. The van der Waals surface area contributed by atoms with Crippen molar-refractivity contribution in [3.8, 4) is 11.5 Å². The van der Waals surface area contributed by atoms with Gasteiger partial charge in [-0.25, -0.2) is 4.79 Å². The Bertz CT molecular complexity index is 794. The van der Waals surface area contributed by atoms with Crippen LogP contribution in [0.4, 0.5) is 0 Å². The van der Waals surface area contributed by atoms with Gasteiger partial charge in [-0.15, -0.1) is 0 Å². The van der Waals surface area contributed by atoms with Gasteiger partial charge in [-0.2, -0.15) is 0 Å². The summed E-state index contributed by atoms with van der Waals surface area (Å²) in [5.74, 6) is 2.47. The van der Waals surface area contributed by atoms with Crippen LogP contribution < -0.4 is 4.74 Å². The minimum absolute atomic E-state index is 0.0115. The van der Waals surface area contributed by atoms with Crippen LogP contribution in [0.2, 0.25) is 12.6 Å². The van der Waals surface area contributed by atoms with E-state index in [4.69, 9.17) is 13.6 Å². The van der Waals surface area contributed by atoms with Gasteiger partial charge in [0.05, 0.1) is 12.2 Å². The Balaban J connectivity index is 1.98. The molecule has 0 saturated heterocycles. The number of benzene rings is 2. The molecule has 2 aromatic carbocycles. The van der Waals surface area contributed by atoms with Crippen LogP contribution in [0.25, 0.3) is 5.57 Å². The Morgan fingerprint density at radius 2 is 1.75 bits per heavy atom. The van der Waals surface area contributed by atoms with Crippen molar-refractivity contribution < 1.29 is 23.5 Å². The maximum Gasteiger partial charge on any atom is 0.335 e. The van der Waals surface area contributed by atoms with Gasteiger partial charge in [0.2, 0.25) is 0 Å². The summed E-state index contributed by atoms with van der Waals surface area (Å²) in [6.07, 6.45) is 0.800. The first-order valence-electron chi connectivity index (χ1n) is 9.57. The standard InChI is InChI=1S/C22H28O5Si/c1-4-26-28(3,27-5-2)15-9-14-25-19-12-13-20(22(24)16-19)21(17-23)18-10-7-6-8-11-18/h6-8,10-13,16,24H,4-5,9,14-15H2,1-3H3. The molecule has 1 N–H and O–H groups in total. The predicted octanol–water partition coefficient (Wildman–Crippen LogP) is 4.57. The third-order valence-corrected chi connectivity index (χ3v) is 7.41. The van der Waals surface area contributed by atoms with E-state index < -0.39 is 8.56 Å². The molecule has 2 rings (SSSR count). The highest BCUT2D eigenvalue weighted by Gasteiger charge is 2.29. The van der Waals surface area contributed by atoms with Crippen molar-refractivity contribution in [1.29, 1.82) is 0 Å². The quantitative estimate of drug-likeness (QED) is 0.340. The first-order chi connectivity index (χ1) is 13.5. The fraction of sp³-hybridized carbons (Fsp3) is 0.364. The van der Waals surface area contributed by atoms with E-state index in [2.05, 4.69) is 6.55 Å². The zero-order valence-electron chi connectivity index (χ0n) is 16.7. The van der Waals surface area contributed by atoms with E-state index in [-0.39, 0.29) is 5.75 Å². The Morgan fingerprint density at radius 3 is 2.32 bits per heavy atom. The van der Waals surface area contributed by atoms with Crippen molar-refractivity contribution in [3.05, 3.63) is 59.7 Å². The molecule has 0 atom stereocenters. The number of phenolic OH excluding ortho intramolecular Hbond substituents is 1. The van der Waals surface area contributed by atoms with E-state index in [0.717, 1.165) is 12.5 Å². The molecule has 0 heterocycles. The Hall–Kier alpha value is -2.37. The molecule has 6 heteroatoms. The Kier molecular flexibility index (Phi) is 8.48. The van der Waals surface area contributed by atoms with Gasteiger partial charge in [0.1, 0.15) is 17.4 Å². The summed E-state index contributed by atoms with van der Waals surface area (Å²) < 4.78 is 17.4. The summed E-state index contributed by atoms with van der Waals surface area (Å²) in [7, 11) is -2.14. The number of carbonyl (C=O) groups excluding carboxylic acids is 1. The minimum atomic E-state index is -2.14. The van der Waals surface area contributed by atoms with Crippen molar-refractivity contribution in [2.75, 3.05) is 19.8 Å². The van der Waals surface area contributed by atoms with Crippen LogP contribution in [-0.2, 0) is 13.6 Å². The maximum atomic E-state index is 11.4. The lowest BCUT2D eigenvalue weighted by atomic mass is 9.98.